The standard InChI is InChI=1S/C24H33N3O2/c1-16-14-17(2)22(23(28)29-24(4,5)6)18(3)20(16)15-19-9-12-27(13-10-19)21-8-7-11-25-26-21/h7-8,11,14,19H,9-10,12-13,15H2,1-6H3. The average molecular weight is 396 g/mol. The topological polar surface area (TPSA) is 55.3 Å². The lowest BCUT2D eigenvalue weighted by Crippen LogP contribution is -2.35. The number of carbonyl (C=O) groups is 1. The molecule has 5 nitrogen and oxygen atoms in total. The number of carbonyl (C=O) groups excluding carboxylic acids is 1. The Morgan fingerprint density at radius 1 is 1.17 bits per heavy atom. The quantitative estimate of drug-likeness (QED) is 0.695. The molecule has 1 aromatic heterocycles. The number of piperidine rings is 1. The molecule has 0 bridgehead atoms. The van der Waals surface area contributed by atoms with Crippen LogP contribution in [-0.2, 0) is 11.2 Å². The fraction of sp³-hybridized carbons (Fsp3) is 0.542. The molecule has 156 valence electrons. The van der Waals surface area contributed by atoms with Crippen LogP contribution in [0.25, 0.3) is 0 Å². The molecule has 0 aliphatic carbocycles. The largest absolute Gasteiger partial charge is 0.456 e. The molecule has 1 aliphatic rings. The Bertz CT molecular complexity index is 864. The van der Waals surface area contributed by atoms with Crippen molar-refractivity contribution in [2.24, 2.45) is 5.92 Å². The Balaban J connectivity index is 1.74. The second kappa shape index (κ2) is 8.52. The molecule has 1 saturated heterocycles. The first-order valence-electron chi connectivity index (χ1n) is 10.5. The van der Waals surface area contributed by atoms with Crippen LogP contribution in [0.3, 0.4) is 0 Å². The van der Waals surface area contributed by atoms with Gasteiger partial charge in [-0.1, -0.05) is 6.07 Å². The van der Waals surface area contributed by atoms with Crippen molar-refractivity contribution in [3.63, 3.8) is 0 Å². The molecule has 1 fully saturated rings. The number of nitrogens with zero attached hydrogens (tertiary/aromatic N) is 3. The number of ether oxygens (including phenoxy) is 1. The zero-order chi connectivity index (χ0) is 21.2. The number of benzene rings is 1. The summed E-state index contributed by atoms with van der Waals surface area (Å²) in [6, 6.07) is 6.09. The molecule has 0 amide bonds. The molecule has 2 heterocycles. The average Bonchev–Trinajstić information content (AvgIpc) is 2.65. The lowest BCUT2D eigenvalue weighted by molar-refractivity contribution is 0.00678. The van der Waals surface area contributed by atoms with E-state index in [0.717, 1.165) is 54.9 Å². The summed E-state index contributed by atoms with van der Waals surface area (Å²) >= 11 is 0. The maximum Gasteiger partial charge on any atom is 0.339 e. The van der Waals surface area contributed by atoms with Crippen LogP contribution in [0.15, 0.2) is 24.4 Å². The van der Waals surface area contributed by atoms with Gasteiger partial charge in [-0.05, 0) is 101 Å². The van der Waals surface area contributed by atoms with Gasteiger partial charge in [-0.25, -0.2) is 4.79 Å². The van der Waals surface area contributed by atoms with Crippen LogP contribution >= 0.6 is 0 Å². The highest BCUT2D eigenvalue weighted by Gasteiger charge is 2.26. The number of aryl methyl sites for hydroxylation is 2. The second-order valence-corrected chi connectivity index (χ2v) is 9.21. The summed E-state index contributed by atoms with van der Waals surface area (Å²) in [6.07, 6.45) is 4.94. The minimum absolute atomic E-state index is 0.216. The molecule has 2 aromatic rings. The van der Waals surface area contributed by atoms with Gasteiger partial charge in [0.25, 0.3) is 0 Å². The number of rotatable bonds is 4. The summed E-state index contributed by atoms with van der Waals surface area (Å²) in [5, 5.41) is 8.23. The van der Waals surface area contributed by atoms with Gasteiger partial charge in [0.1, 0.15) is 5.60 Å². The van der Waals surface area contributed by atoms with E-state index in [-0.39, 0.29) is 5.97 Å². The Morgan fingerprint density at radius 2 is 1.86 bits per heavy atom. The van der Waals surface area contributed by atoms with Crippen molar-refractivity contribution in [1.29, 1.82) is 0 Å². The molecule has 0 saturated carbocycles. The number of aromatic nitrogens is 2. The van der Waals surface area contributed by atoms with Gasteiger partial charge >= 0.3 is 5.97 Å². The molecule has 1 aliphatic heterocycles. The normalized spacial score (nSPS) is 15.4. The maximum absolute atomic E-state index is 12.8. The third-order valence-corrected chi connectivity index (χ3v) is 5.72. The van der Waals surface area contributed by atoms with Crippen LogP contribution in [0.4, 0.5) is 5.82 Å². The second-order valence-electron chi connectivity index (χ2n) is 9.21. The fourth-order valence-electron chi connectivity index (χ4n) is 4.30. The van der Waals surface area contributed by atoms with Crippen LogP contribution in [0.1, 0.15) is 66.2 Å². The van der Waals surface area contributed by atoms with Crippen molar-refractivity contribution in [3.05, 3.63) is 52.2 Å². The fourth-order valence-corrected chi connectivity index (χ4v) is 4.30. The van der Waals surface area contributed by atoms with Crippen LogP contribution in [0.2, 0.25) is 0 Å². The highest BCUT2D eigenvalue weighted by Crippen LogP contribution is 2.30. The van der Waals surface area contributed by atoms with E-state index in [2.05, 4.69) is 35.0 Å². The summed E-state index contributed by atoms with van der Waals surface area (Å²) in [4.78, 5) is 15.1. The molecule has 5 heteroatoms. The zero-order valence-corrected chi connectivity index (χ0v) is 18.6. The molecule has 3 rings (SSSR count). The van der Waals surface area contributed by atoms with Crippen molar-refractivity contribution in [2.45, 2.75) is 66.4 Å². The molecule has 29 heavy (non-hydrogen) atoms. The summed E-state index contributed by atoms with van der Waals surface area (Å²) in [6.45, 7) is 14.0. The van der Waals surface area contributed by atoms with Crippen LogP contribution in [0, 0.1) is 26.7 Å². The van der Waals surface area contributed by atoms with E-state index in [1.165, 1.54) is 11.1 Å². The van der Waals surface area contributed by atoms with Crippen molar-refractivity contribution >= 4 is 11.8 Å². The highest BCUT2D eigenvalue weighted by molar-refractivity contribution is 5.93. The van der Waals surface area contributed by atoms with Gasteiger partial charge in [-0.3, -0.25) is 0 Å². The third kappa shape index (κ3) is 5.14. The molecule has 0 unspecified atom stereocenters. The third-order valence-electron chi connectivity index (χ3n) is 5.72. The monoisotopic (exact) mass is 395 g/mol. The number of hydrogen-bond donors (Lipinski definition) is 0. The molecule has 0 N–H and O–H groups in total. The first-order valence-corrected chi connectivity index (χ1v) is 10.5. The summed E-state index contributed by atoms with van der Waals surface area (Å²) < 4.78 is 5.67. The van der Waals surface area contributed by atoms with Gasteiger partial charge in [0, 0.05) is 19.3 Å². The van der Waals surface area contributed by atoms with E-state index in [1.54, 1.807) is 6.20 Å². The number of anilines is 1. The lowest BCUT2D eigenvalue weighted by atomic mass is 9.84. The number of esters is 1. The highest BCUT2D eigenvalue weighted by atomic mass is 16.6. The molecular weight excluding hydrogens is 362 g/mol. The lowest BCUT2D eigenvalue weighted by Gasteiger charge is -2.33. The van der Waals surface area contributed by atoms with Crippen molar-refractivity contribution in [2.75, 3.05) is 18.0 Å². The molecule has 1 aromatic carbocycles. The summed E-state index contributed by atoms with van der Waals surface area (Å²) in [5.74, 6) is 1.35. The Labute approximate surface area is 174 Å². The van der Waals surface area contributed by atoms with Crippen LogP contribution in [-0.4, -0.2) is 34.9 Å². The predicted molar refractivity (Wildman–Crippen MR) is 116 cm³/mol. The van der Waals surface area contributed by atoms with Crippen molar-refractivity contribution < 1.29 is 9.53 Å². The first-order chi connectivity index (χ1) is 13.7. The summed E-state index contributed by atoms with van der Waals surface area (Å²) in [5.41, 5.74) is 4.88. The van der Waals surface area contributed by atoms with E-state index in [1.807, 2.05) is 39.8 Å². The minimum Gasteiger partial charge on any atom is -0.456 e. The van der Waals surface area contributed by atoms with E-state index in [9.17, 15) is 4.79 Å². The molecule has 0 atom stereocenters. The maximum atomic E-state index is 12.8. The Kier molecular flexibility index (Phi) is 6.25. The summed E-state index contributed by atoms with van der Waals surface area (Å²) in [7, 11) is 0. The van der Waals surface area contributed by atoms with Gasteiger partial charge in [0.05, 0.1) is 5.56 Å². The predicted octanol–water partition coefficient (Wildman–Crippen LogP) is 4.82. The van der Waals surface area contributed by atoms with E-state index in [0.29, 0.717) is 5.92 Å². The molecule has 0 radical (unpaired) electrons. The van der Waals surface area contributed by atoms with E-state index >= 15 is 0 Å². The van der Waals surface area contributed by atoms with Crippen LogP contribution < -0.4 is 4.90 Å². The molecule has 0 spiro atoms. The van der Waals surface area contributed by atoms with Crippen molar-refractivity contribution in [3.8, 4) is 0 Å². The SMILES string of the molecule is Cc1cc(C)c(C(=O)OC(C)(C)C)c(C)c1CC1CCN(c2cccnn2)CC1. The van der Waals surface area contributed by atoms with Gasteiger partial charge in [-0.2, -0.15) is 5.10 Å². The van der Waals surface area contributed by atoms with Gasteiger partial charge in [0.15, 0.2) is 5.82 Å². The Morgan fingerprint density at radius 3 is 2.45 bits per heavy atom. The number of hydrogen-bond acceptors (Lipinski definition) is 5. The van der Waals surface area contributed by atoms with Crippen LogP contribution in [0.5, 0.6) is 0 Å². The smallest absolute Gasteiger partial charge is 0.339 e. The van der Waals surface area contributed by atoms with E-state index in [4.69, 9.17) is 4.74 Å². The van der Waals surface area contributed by atoms with E-state index < -0.39 is 5.60 Å². The van der Waals surface area contributed by atoms with Gasteiger partial charge in [-0.15, -0.1) is 5.10 Å². The minimum atomic E-state index is -0.492. The van der Waals surface area contributed by atoms with Gasteiger partial charge < -0.3 is 9.64 Å². The zero-order valence-electron chi connectivity index (χ0n) is 18.6. The van der Waals surface area contributed by atoms with Gasteiger partial charge in [0.2, 0.25) is 0 Å². The van der Waals surface area contributed by atoms with Crippen molar-refractivity contribution in [1.82, 2.24) is 10.2 Å². The molecular formula is C24H33N3O2. The Hall–Kier alpha value is -2.43. The first kappa shape index (κ1) is 21.3.